The average molecular weight is 347 g/mol. The van der Waals surface area contributed by atoms with E-state index in [1.807, 2.05) is 43.3 Å². The predicted octanol–water partition coefficient (Wildman–Crippen LogP) is 3.83. The van der Waals surface area contributed by atoms with Crippen LogP contribution >= 0.6 is 11.6 Å². The number of carbonyl (C=O) groups excluding carboxylic acids is 1. The van der Waals surface area contributed by atoms with E-state index in [-0.39, 0.29) is 5.91 Å². The van der Waals surface area contributed by atoms with Crippen LogP contribution in [0.1, 0.15) is 12.5 Å². The van der Waals surface area contributed by atoms with Crippen molar-refractivity contribution in [2.24, 2.45) is 0 Å². The van der Waals surface area contributed by atoms with E-state index in [4.69, 9.17) is 16.3 Å². The molecule has 0 saturated heterocycles. The molecule has 5 heteroatoms. The minimum Gasteiger partial charge on any atom is -0.481 e. The first-order valence-corrected chi connectivity index (χ1v) is 8.18. The molecule has 0 unspecified atom stereocenters. The van der Waals surface area contributed by atoms with Crippen LogP contribution in [-0.2, 0) is 11.3 Å². The lowest BCUT2D eigenvalue weighted by molar-refractivity contribution is -0.137. The summed E-state index contributed by atoms with van der Waals surface area (Å²) in [6.45, 7) is 2.28. The number of ether oxygens (including phenoxy) is 1. The normalized spacial score (nSPS) is 11.7. The molecule has 2 rings (SSSR count). The minimum absolute atomic E-state index is 0.0772. The van der Waals surface area contributed by atoms with E-state index in [9.17, 15) is 4.79 Å². The van der Waals surface area contributed by atoms with E-state index in [2.05, 4.69) is 0 Å². The third-order valence-electron chi connectivity index (χ3n) is 3.71. The van der Waals surface area contributed by atoms with Crippen LogP contribution in [0.4, 0.5) is 5.69 Å². The van der Waals surface area contributed by atoms with Gasteiger partial charge in [-0.15, -0.1) is 0 Å². The van der Waals surface area contributed by atoms with Crippen LogP contribution in [0, 0.1) is 0 Å². The zero-order valence-corrected chi connectivity index (χ0v) is 15.2. The number of hydrogen-bond donors (Lipinski definition) is 0. The van der Waals surface area contributed by atoms with Gasteiger partial charge >= 0.3 is 0 Å². The number of hydrogen-bond acceptors (Lipinski definition) is 3. The fourth-order valence-electron chi connectivity index (χ4n) is 2.36. The zero-order chi connectivity index (χ0) is 17.7. The van der Waals surface area contributed by atoms with Crippen LogP contribution in [0.25, 0.3) is 0 Å². The van der Waals surface area contributed by atoms with Crippen molar-refractivity contribution in [2.75, 3.05) is 26.0 Å². The Kier molecular flexibility index (Phi) is 6.10. The third-order valence-corrected chi connectivity index (χ3v) is 3.94. The van der Waals surface area contributed by atoms with Crippen LogP contribution in [0.5, 0.6) is 5.75 Å². The van der Waals surface area contributed by atoms with Gasteiger partial charge in [0.25, 0.3) is 5.91 Å². The monoisotopic (exact) mass is 346 g/mol. The van der Waals surface area contributed by atoms with Gasteiger partial charge in [-0.1, -0.05) is 29.8 Å². The first-order chi connectivity index (χ1) is 11.4. The van der Waals surface area contributed by atoms with Crippen LogP contribution in [-0.4, -0.2) is 38.1 Å². The molecule has 0 radical (unpaired) electrons. The third kappa shape index (κ3) is 4.90. The van der Waals surface area contributed by atoms with E-state index in [0.717, 1.165) is 11.3 Å². The smallest absolute Gasteiger partial charge is 0.263 e. The van der Waals surface area contributed by atoms with E-state index < -0.39 is 6.10 Å². The highest BCUT2D eigenvalue weighted by molar-refractivity contribution is 6.30. The second-order valence-electron chi connectivity index (χ2n) is 5.97. The molecule has 0 bridgehead atoms. The molecular formula is C19H23ClN2O2. The largest absolute Gasteiger partial charge is 0.481 e. The average Bonchev–Trinajstić information content (AvgIpc) is 2.54. The molecule has 1 atom stereocenters. The standard InChI is InChI=1S/C19H23ClN2O2/c1-14(24-18-7-5-6-16(20)12-18)19(23)22(4)13-15-8-10-17(11-9-15)21(2)3/h5-12,14H,13H2,1-4H3/t14-/m1/s1. The number of anilines is 1. The van der Waals surface area contributed by atoms with Gasteiger partial charge in [0.1, 0.15) is 5.75 Å². The summed E-state index contributed by atoms with van der Waals surface area (Å²) in [5.41, 5.74) is 2.21. The number of carbonyl (C=O) groups is 1. The summed E-state index contributed by atoms with van der Waals surface area (Å²) in [6.07, 6.45) is -0.575. The highest BCUT2D eigenvalue weighted by Gasteiger charge is 2.19. The number of amides is 1. The number of nitrogens with zero attached hydrogens (tertiary/aromatic N) is 2. The lowest BCUT2D eigenvalue weighted by Crippen LogP contribution is -2.37. The van der Waals surface area contributed by atoms with Crippen molar-refractivity contribution < 1.29 is 9.53 Å². The van der Waals surface area contributed by atoms with Crippen LogP contribution < -0.4 is 9.64 Å². The molecule has 0 aliphatic carbocycles. The van der Waals surface area contributed by atoms with Crippen molar-refractivity contribution in [1.29, 1.82) is 0 Å². The fraction of sp³-hybridized carbons (Fsp3) is 0.316. The number of halogens is 1. The molecule has 0 fully saturated rings. The second-order valence-corrected chi connectivity index (χ2v) is 6.41. The maximum absolute atomic E-state index is 12.5. The summed E-state index contributed by atoms with van der Waals surface area (Å²) >= 11 is 5.93. The number of benzene rings is 2. The molecule has 0 aliphatic rings. The molecule has 4 nitrogen and oxygen atoms in total. The molecule has 0 saturated carbocycles. The van der Waals surface area contributed by atoms with Crippen molar-refractivity contribution >= 4 is 23.2 Å². The Bertz CT molecular complexity index is 686. The molecule has 0 aromatic heterocycles. The highest BCUT2D eigenvalue weighted by atomic mass is 35.5. The SMILES string of the molecule is C[C@@H](Oc1cccc(Cl)c1)C(=O)N(C)Cc1ccc(N(C)C)cc1. The van der Waals surface area contributed by atoms with Crippen molar-refractivity contribution in [3.05, 3.63) is 59.1 Å². The van der Waals surface area contributed by atoms with Crippen LogP contribution in [0.3, 0.4) is 0 Å². The molecule has 1 amide bonds. The van der Waals surface area contributed by atoms with E-state index in [0.29, 0.717) is 17.3 Å². The highest BCUT2D eigenvalue weighted by Crippen LogP contribution is 2.19. The van der Waals surface area contributed by atoms with Gasteiger partial charge in [0.15, 0.2) is 6.10 Å². The Morgan fingerprint density at radius 1 is 1.12 bits per heavy atom. The van der Waals surface area contributed by atoms with Crippen molar-refractivity contribution in [1.82, 2.24) is 4.90 Å². The van der Waals surface area contributed by atoms with Gasteiger partial charge in [-0.2, -0.15) is 0 Å². The van der Waals surface area contributed by atoms with E-state index in [1.165, 1.54) is 0 Å². The molecule has 128 valence electrons. The molecule has 24 heavy (non-hydrogen) atoms. The Hall–Kier alpha value is -2.20. The molecule has 0 heterocycles. The summed E-state index contributed by atoms with van der Waals surface area (Å²) in [6, 6.07) is 15.2. The zero-order valence-electron chi connectivity index (χ0n) is 14.5. The lowest BCUT2D eigenvalue weighted by Gasteiger charge is -2.22. The predicted molar refractivity (Wildman–Crippen MR) is 98.8 cm³/mol. The van der Waals surface area contributed by atoms with Gasteiger partial charge in [0.2, 0.25) is 0 Å². The topological polar surface area (TPSA) is 32.8 Å². The number of rotatable bonds is 6. The molecule has 0 spiro atoms. The molecule has 0 N–H and O–H groups in total. The Labute approximate surface area is 148 Å². The summed E-state index contributed by atoms with van der Waals surface area (Å²) in [7, 11) is 5.78. The Balaban J connectivity index is 1.95. The molecule has 2 aromatic rings. The molecule has 2 aromatic carbocycles. The maximum atomic E-state index is 12.5. The van der Waals surface area contributed by atoms with Crippen LogP contribution in [0.2, 0.25) is 5.02 Å². The summed E-state index contributed by atoms with van der Waals surface area (Å²) in [5.74, 6) is 0.513. The minimum atomic E-state index is -0.575. The Morgan fingerprint density at radius 3 is 2.38 bits per heavy atom. The summed E-state index contributed by atoms with van der Waals surface area (Å²) in [4.78, 5) is 16.2. The molecule has 0 aliphatic heterocycles. The van der Waals surface area contributed by atoms with E-state index >= 15 is 0 Å². The van der Waals surface area contributed by atoms with Crippen molar-refractivity contribution in [3.63, 3.8) is 0 Å². The summed E-state index contributed by atoms with van der Waals surface area (Å²) < 4.78 is 5.68. The van der Waals surface area contributed by atoms with Gasteiger partial charge in [0, 0.05) is 38.4 Å². The fourth-order valence-corrected chi connectivity index (χ4v) is 2.54. The van der Waals surface area contributed by atoms with Gasteiger partial charge in [-0.3, -0.25) is 4.79 Å². The molecular weight excluding hydrogens is 324 g/mol. The van der Waals surface area contributed by atoms with E-state index in [1.54, 1.807) is 43.1 Å². The van der Waals surface area contributed by atoms with Crippen molar-refractivity contribution in [3.8, 4) is 5.75 Å². The quantitative estimate of drug-likeness (QED) is 0.796. The van der Waals surface area contributed by atoms with Crippen molar-refractivity contribution in [2.45, 2.75) is 19.6 Å². The van der Waals surface area contributed by atoms with Gasteiger partial charge < -0.3 is 14.5 Å². The van der Waals surface area contributed by atoms with Gasteiger partial charge in [-0.05, 0) is 42.8 Å². The maximum Gasteiger partial charge on any atom is 0.263 e. The first kappa shape index (κ1) is 18.1. The number of likely N-dealkylation sites (N-methyl/N-ethyl adjacent to an activating group) is 1. The first-order valence-electron chi connectivity index (χ1n) is 7.80. The van der Waals surface area contributed by atoms with Gasteiger partial charge in [0.05, 0.1) is 0 Å². The second kappa shape index (κ2) is 8.06. The van der Waals surface area contributed by atoms with Gasteiger partial charge in [-0.25, -0.2) is 0 Å². The summed E-state index contributed by atoms with van der Waals surface area (Å²) in [5, 5.41) is 0.585. The Morgan fingerprint density at radius 2 is 1.79 bits per heavy atom. The van der Waals surface area contributed by atoms with Crippen LogP contribution in [0.15, 0.2) is 48.5 Å². The lowest BCUT2D eigenvalue weighted by atomic mass is 10.2.